The number of ether oxygens (including phenoxy) is 1. The van der Waals surface area contributed by atoms with Crippen LogP contribution in [0.1, 0.15) is 6.92 Å². The normalized spacial score (nSPS) is 37.8. The van der Waals surface area contributed by atoms with Gasteiger partial charge in [0, 0.05) is 13.1 Å². The van der Waals surface area contributed by atoms with Gasteiger partial charge in [0.15, 0.2) is 0 Å². The molecule has 0 aromatic carbocycles. The van der Waals surface area contributed by atoms with Crippen LogP contribution in [0.2, 0.25) is 0 Å². The number of methoxy groups -OCH3 is 1. The van der Waals surface area contributed by atoms with E-state index < -0.39 is 0 Å². The predicted octanol–water partition coefficient (Wildman–Crippen LogP) is -0.0974. The van der Waals surface area contributed by atoms with Gasteiger partial charge in [-0.1, -0.05) is 0 Å². The number of esters is 1. The van der Waals surface area contributed by atoms with Crippen molar-refractivity contribution in [2.24, 2.45) is 17.8 Å². The Bertz CT molecular complexity index is 232. The summed E-state index contributed by atoms with van der Waals surface area (Å²) >= 11 is 0. The number of hydrogen-bond donors (Lipinski definition) is 1. The Kier molecular flexibility index (Phi) is 2.49. The van der Waals surface area contributed by atoms with Gasteiger partial charge in [0.1, 0.15) is 0 Å². The number of hydrogen-bond acceptors (Lipinski definition) is 4. The van der Waals surface area contributed by atoms with E-state index in [0.29, 0.717) is 18.0 Å². The van der Waals surface area contributed by atoms with Gasteiger partial charge < -0.3 is 10.1 Å². The van der Waals surface area contributed by atoms with Crippen molar-refractivity contribution in [2.75, 3.05) is 27.2 Å². The fourth-order valence-corrected chi connectivity index (χ4v) is 2.54. The molecule has 4 nitrogen and oxygen atoms in total. The van der Waals surface area contributed by atoms with Gasteiger partial charge in [0.05, 0.1) is 19.2 Å². The Balaban J connectivity index is 1.84. The van der Waals surface area contributed by atoms with Gasteiger partial charge >= 0.3 is 5.97 Å². The van der Waals surface area contributed by atoms with Crippen LogP contribution < -0.4 is 5.32 Å². The van der Waals surface area contributed by atoms with Gasteiger partial charge in [-0.15, -0.1) is 0 Å². The van der Waals surface area contributed by atoms with E-state index in [2.05, 4.69) is 17.1 Å². The Morgan fingerprint density at radius 1 is 1.50 bits per heavy atom. The summed E-state index contributed by atoms with van der Waals surface area (Å²) < 4.78 is 4.76. The Morgan fingerprint density at radius 3 is 2.50 bits per heavy atom. The molecule has 0 amide bonds. The average Bonchev–Trinajstić information content (AvgIpc) is 2.70. The number of nitrogens with zero attached hydrogens (tertiary/aromatic N) is 1. The average molecular weight is 198 g/mol. The summed E-state index contributed by atoms with van der Waals surface area (Å²) in [4.78, 5) is 13.7. The van der Waals surface area contributed by atoms with E-state index in [9.17, 15) is 4.79 Å². The number of likely N-dealkylation sites (tertiary alicyclic amines) is 1. The van der Waals surface area contributed by atoms with E-state index in [1.807, 2.05) is 7.05 Å². The largest absolute Gasteiger partial charge is 0.469 e. The molecule has 80 valence electrons. The lowest BCUT2D eigenvalue weighted by molar-refractivity contribution is -0.143. The van der Waals surface area contributed by atoms with Crippen LogP contribution in [0.25, 0.3) is 0 Å². The van der Waals surface area contributed by atoms with Gasteiger partial charge in [-0.2, -0.15) is 0 Å². The van der Waals surface area contributed by atoms with E-state index in [0.717, 1.165) is 13.1 Å². The highest BCUT2D eigenvalue weighted by molar-refractivity contribution is 5.76. The Labute approximate surface area is 84.6 Å². The second-order valence-corrected chi connectivity index (χ2v) is 4.30. The third-order valence-corrected chi connectivity index (χ3v) is 3.66. The summed E-state index contributed by atoms with van der Waals surface area (Å²) in [6.45, 7) is 4.22. The summed E-state index contributed by atoms with van der Waals surface area (Å²) in [6.07, 6.45) is 0.418. The molecule has 3 atom stereocenters. The van der Waals surface area contributed by atoms with Crippen LogP contribution in [0.4, 0.5) is 0 Å². The van der Waals surface area contributed by atoms with Crippen molar-refractivity contribution >= 4 is 5.97 Å². The standard InChI is InChI=1S/C10H18N2O2/c1-6(11-2)12-4-7-8(5-12)9(7)10(13)14-3/h6-9,11H,4-5H2,1-3H3. The van der Waals surface area contributed by atoms with Crippen molar-refractivity contribution < 1.29 is 9.53 Å². The van der Waals surface area contributed by atoms with Crippen molar-refractivity contribution in [3.8, 4) is 0 Å². The molecule has 0 spiro atoms. The number of rotatable bonds is 3. The number of piperidine rings is 1. The van der Waals surface area contributed by atoms with E-state index >= 15 is 0 Å². The zero-order valence-corrected chi connectivity index (χ0v) is 8.99. The lowest BCUT2D eigenvalue weighted by atomic mass is 10.2. The van der Waals surface area contributed by atoms with Crippen LogP contribution >= 0.6 is 0 Å². The van der Waals surface area contributed by atoms with Crippen molar-refractivity contribution in [3.05, 3.63) is 0 Å². The topological polar surface area (TPSA) is 41.6 Å². The molecule has 1 aliphatic carbocycles. The summed E-state index contributed by atoms with van der Waals surface area (Å²) in [5.41, 5.74) is 0. The lowest BCUT2D eigenvalue weighted by Gasteiger charge is -2.25. The van der Waals surface area contributed by atoms with Crippen LogP contribution in [0.5, 0.6) is 0 Å². The molecule has 0 bridgehead atoms. The van der Waals surface area contributed by atoms with Gasteiger partial charge in [0.2, 0.25) is 0 Å². The smallest absolute Gasteiger partial charge is 0.309 e. The number of carbonyl (C=O) groups is 1. The predicted molar refractivity (Wildman–Crippen MR) is 52.6 cm³/mol. The monoisotopic (exact) mass is 198 g/mol. The third-order valence-electron chi connectivity index (χ3n) is 3.66. The minimum Gasteiger partial charge on any atom is -0.469 e. The highest BCUT2D eigenvalue weighted by Crippen LogP contribution is 2.52. The molecule has 14 heavy (non-hydrogen) atoms. The first-order valence-corrected chi connectivity index (χ1v) is 5.18. The highest BCUT2D eigenvalue weighted by atomic mass is 16.5. The SMILES string of the molecule is CNC(C)N1CC2C(C1)C2C(=O)OC. The number of carbonyl (C=O) groups excluding carboxylic acids is 1. The maximum atomic E-state index is 11.3. The molecule has 2 rings (SSSR count). The van der Waals surface area contributed by atoms with Crippen molar-refractivity contribution in [1.29, 1.82) is 0 Å². The Hall–Kier alpha value is -0.610. The van der Waals surface area contributed by atoms with Crippen molar-refractivity contribution in [3.63, 3.8) is 0 Å². The minimum atomic E-state index is -0.0169. The van der Waals surface area contributed by atoms with Gasteiger partial charge in [-0.3, -0.25) is 9.69 Å². The zero-order valence-electron chi connectivity index (χ0n) is 8.99. The fraction of sp³-hybridized carbons (Fsp3) is 0.900. The molecule has 0 aromatic rings. The maximum absolute atomic E-state index is 11.3. The number of nitrogens with one attached hydrogen (secondary N) is 1. The molecule has 1 N–H and O–H groups in total. The highest BCUT2D eigenvalue weighted by Gasteiger charge is 2.60. The van der Waals surface area contributed by atoms with Crippen LogP contribution in [0.3, 0.4) is 0 Å². The van der Waals surface area contributed by atoms with Crippen LogP contribution in [0, 0.1) is 17.8 Å². The minimum absolute atomic E-state index is 0.0169. The first kappa shape index (κ1) is 9.93. The summed E-state index contributed by atoms with van der Waals surface area (Å²) in [5, 5.41) is 3.22. The molecule has 2 aliphatic rings. The second kappa shape index (κ2) is 3.51. The molecular weight excluding hydrogens is 180 g/mol. The molecule has 0 radical (unpaired) electrons. The summed E-state index contributed by atoms with van der Waals surface area (Å²) in [5.74, 6) is 1.29. The van der Waals surface area contributed by atoms with Gasteiger partial charge in [0.25, 0.3) is 0 Å². The van der Waals surface area contributed by atoms with E-state index in [-0.39, 0.29) is 11.9 Å². The van der Waals surface area contributed by atoms with E-state index in [1.165, 1.54) is 7.11 Å². The van der Waals surface area contributed by atoms with E-state index in [1.54, 1.807) is 0 Å². The van der Waals surface area contributed by atoms with Crippen LogP contribution in [0.15, 0.2) is 0 Å². The van der Waals surface area contributed by atoms with Gasteiger partial charge in [-0.25, -0.2) is 0 Å². The lowest BCUT2D eigenvalue weighted by Crippen LogP contribution is -2.42. The zero-order chi connectivity index (χ0) is 10.3. The molecule has 2 fully saturated rings. The van der Waals surface area contributed by atoms with Gasteiger partial charge in [-0.05, 0) is 25.8 Å². The Morgan fingerprint density at radius 2 is 2.07 bits per heavy atom. The maximum Gasteiger partial charge on any atom is 0.309 e. The van der Waals surface area contributed by atoms with Crippen molar-refractivity contribution in [1.82, 2.24) is 10.2 Å². The first-order valence-electron chi connectivity index (χ1n) is 5.18. The summed E-state index contributed by atoms with van der Waals surface area (Å²) in [7, 11) is 3.44. The fourth-order valence-electron chi connectivity index (χ4n) is 2.54. The molecular formula is C10H18N2O2. The molecule has 1 saturated carbocycles. The van der Waals surface area contributed by atoms with Crippen molar-refractivity contribution in [2.45, 2.75) is 13.1 Å². The van der Waals surface area contributed by atoms with E-state index in [4.69, 9.17) is 4.74 Å². The molecule has 1 aliphatic heterocycles. The molecule has 3 unspecified atom stereocenters. The third kappa shape index (κ3) is 1.42. The molecule has 1 saturated heterocycles. The number of fused-ring (bicyclic) bond motifs is 1. The second-order valence-electron chi connectivity index (χ2n) is 4.30. The molecule has 0 aromatic heterocycles. The molecule has 4 heteroatoms. The summed E-state index contributed by atoms with van der Waals surface area (Å²) in [6, 6.07) is 0. The van der Waals surface area contributed by atoms with Crippen LogP contribution in [-0.4, -0.2) is 44.3 Å². The molecule has 1 heterocycles. The quantitative estimate of drug-likeness (QED) is 0.643. The van der Waals surface area contributed by atoms with Crippen LogP contribution in [-0.2, 0) is 9.53 Å². The first-order chi connectivity index (χ1) is 6.69.